The lowest BCUT2D eigenvalue weighted by molar-refractivity contribution is -0.119. The van der Waals surface area contributed by atoms with Crippen LogP contribution in [0.2, 0.25) is 5.02 Å². The van der Waals surface area contributed by atoms with Gasteiger partial charge in [0.2, 0.25) is 12.3 Å². The lowest BCUT2D eigenvalue weighted by Gasteiger charge is -2.08. The van der Waals surface area contributed by atoms with Crippen molar-refractivity contribution in [2.75, 3.05) is 7.05 Å². The van der Waals surface area contributed by atoms with Gasteiger partial charge in [-0.1, -0.05) is 56.5 Å². The minimum Gasteiger partial charge on any atom is -0.372 e. The first kappa shape index (κ1) is 25.7. The molecule has 0 bridgehead atoms. The summed E-state index contributed by atoms with van der Waals surface area (Å²) in [5.41, 5.74) is 14.4. The fraction of sp³-hybridized carbons (Fsp3) is 0.429. The lowest BCUT2D eigenvalue weighted by Crippen LogP contribution is -2.37. The zero-order valence-corrected chi connectivity index (χ0v) is 14.8. The van der Waals surface area contributed by atoms with Crippen molar-refractivity contribution in [3.8, 4) is 0 Å². The second-order valence-electron chi connectivity index (χ2n) is 4.29. The van der Waals surface area contributed by atoms with Crippen molar-refractivity contribution in [1.82, 2.24) is 4.72 Å². The van der Waals surface area contributed by atoms with Crippen molar-refractivity contribution < 1.29 is 9.59 Å². The van der Waals surface area contributed by atoms with E-state index in [0.29, 0.717) is 12.3 Å². The molecule has 1 rings (SSSR count). The summed E-state index contributed by atoms with van der Waals surface area (Å²) in [6.07, 6.45) is 0.926. The van der Waals surface area contributed by atoms with Gasteiger partial charge in [-0.25, -0.2) is 0 Å². The highest BCUT2D eigenvalue weighted by atomic mass is 35.5. The Bertz CT molecular complexity index is 367. The molecule has 0 heterocycles. The number of nitrogens with two attached hydrogens (primary N) is 3. The summed E-state index contributed by atoms with van der Waals surface area (Å²) in [5, 5.41) is 0.794. The van der Waals surface area contributed by atoms with Crippen LogP contribution in [0.25, 0.3) is 0 Å². The van der Waals surface area contributed by atoms with Crippen molar-refractivity contribution in [2.45, 2.75) is 26.3 Å². The van der Waals surface area contributed by atoms with E-state index in [1.54, 1.807) is 7.05 Å². The minimum atomic E-state index is -0.468. The van der Waals surface area contributed by atoms with Crippen LogP contribution in [0.5, 0.6) is 0 Å². The van der Waals surface area contributed by atoms with Crippen molar-refractivity contribution in [3.63, 3.8) is 0 Å². The summed E-state index contributed by atoms with van der Waals surface area (Å²) < 4.78 is 2.44. The molecule has 128 valence electrons. The van der Waals surface area contributed by atoms with Crippen LogP contribution in [-0.2, 0) is 9.59 Å². The molecule has 1 unspecified atom stereocenters. The Morgan fingerprint density at radius 3 is 1.86 bits per heavy atom. The smallest absolute Gasteiger partial charge is 0.234 e. The first-order chi connectivity index (χ1) is 10.3. The molecule has 1 atom stereocenters. The maximum absolute atomic E-state index is 10.3. The fourth-order valence-corrected chi connectivity index (χ4v) is 1.18. The van der Waals surface area contributed by atoms with Crippen molar-refractivity contribution >= 4 is 36.7 Å². The SMILES string of the molecule is CC(C)CC(N)C(N)=O.CNS.Clc1ccccc1.NC=O. The highest BCUT2D eigenvalue weighted by molar-refractivity contribution is 7.78. The zero-order chi connectivity index (χ0) is 18.0. The van der Waals surface area contributed by atoms with E-state index in [9.17, 15) is 4.79 Å². The Kier molecular flexibility index (Phi) is 23.0. The highest BCUT2D eigenvalue weighted by Crippen LogP contribution is 2.03. The van der Waals surface area contributed by atoms with E-state index in [4.69, 9.17) is 27.9 Å². The Morgan fingerprint density at radius 2 is 1.73 bits per heavy atom. The summed E-state index contributed by atoms with van der Waals surface area (Å²) in [5.74, 6) is 0.0243. The molecule has 0 aliphatic carbocycles. The molecular formula is C14H27ClN4O2S. The van der Waals surface area contributed by atoms with Gasteiger partial charge in [0.25, 0.3) is 0 Å². The van der Waals surface area contributed by atoms with Gasteiger partial charge in [-0.3, -0.25) is 14.3 Å². The maximum Gasteiger partial charge on any atom is 0.234 e. The summed E-state index contributed by atoms with van der Waals surface area (Å²) in [7, 11) is 1.74. The van der Waals surface area contributed by atoms with E-state index in [-0.39, 0.29) is 6.41 Å². The van der Waals surface area contributed by atoms with Gasteiger partial charge in [-0.15, -0.1) is 0 Å². The molecule has 0 fully saturated rings. The molecule has 1 aromatic carbocycles. The molecule has 2 amide bonds. The molecule has 7 N–H and O–H groups in total. The second-order valence-corrected chi connectivity index (χ2v) is 5.18. The number of rotatable bonds is 3. The second kappa shape index (κ2) is 19.7. The first-order valence-corrected chi connectivity index (χ1v) is 7.30. The lowest BCUT2D eigenvalue weighted by atomic mass is 10.0. The number of thiol groups is 1. The van der Waals surface area contributed by atoms with Gasteiger partial charge in [0, 0.05) is 5.02 Å². The topological polar surface area (TPSA) is 124 Å². The molecule has 22 heavy (non-hydrogen) atoms. The number of halogens is 1. The highest BCUT2D eigenvalue weighted by Gasteiger charge is 2.09. The molecule has 1 aromatic rings. The van der Waals surface area contributed by atoms with Crippen LogP contribution in [-0.4, -0.2) is 25.4 Å². The number of amides is 2. The summed E-state index contributed by atoms with van der Waals surface area (Å²) >= 11 is 9.08. The maximum atomic E-state index is 10.3. The summed E-state index contributed by atoms with van der Waals surface area (Å²) in [6.45, 7) is 4.01. The number of carbonyl (C=O) groups excluding carboxylic acids is 2. The number of benzene rings is 1. The molecular weight excluding hydrogens is 324 g/mol. The molecule has 0 aliphatic heterocycles. The van der Waals surface area contributed by atoms with Crippen LogP contribution in [0.3, 0.4) is 0 Å². The van der Waals surface area contributed by atoms with E-state index in [1.165, 1.54) is 0 Å². The number of hydrogen-bond donors (Lipinski definition) is 5. The van der Waals surface area contributed by atoms with E-state index in [0.717, 1.165) is 5.02 Å². The fourth-order valence-electron chi connectivity index (χ4n) is 1.04. The predicted molar refractivity (Wildman–Crippen MR) is 96.4 cm³/mol. The third-order valence-electron chi connectivity index (χ3n) is 1.82. The van der Waals surface area contributed by atoms with Crippen molar-refractivity contribution in [1.29, 1.82) is 0 Å². The van der Waals surface area contributed by atoms with E-state index in [1.807, 2.05) is 44.2 Å². The molecule has 0 saturated heterocycles. The predicted octanol–water partition coefficient (Wildman–Crippen LogP) is 1.34. The van der Waals surface area contributed by atoms with E-state index >= 15 is 0 Å². The van der Waals surface area contributed by atoms with Crippen molar-refractivity contribution in [2.24, 2.45) is 23.1 Å². The Labute approximate surface area is 143 Å². The van der Waals surface area contributed by atoms with Crippen LogP contribution in [0.4, 0.5) is 0 Å². The van der Waals surface area contributed by atoms with Crippen LogP contribution in [0.15, 0.2) is 30.3 Å². The van der Waals surface area contributed by atoms with Gasteiger partial charge in [-0.05, 0) is 31.5 Å². The van der Waals surface area contributed by atoms with Crippen molar-refractivity contribution in [3.05, 3.63) is 35.4 Å². The molecule has 0 saturated carbocycles. The molecule has 8 heteroatoms. The number of hydrogen-bond acceptors (Lipinski definition) is 5. The van der Waals surface area contributed by atoms with Crippen LogP contribution in [0.1, 0.15) is 20.3 Å². The average Bonchev–Trinajstić information content (AvgIpc) is 2.41. The third kappa shape index (κ3) is 27.1. The number of primary amides is 2. The minimum absolute atomic E-state index is 0.250. The van der Waals surface area contributed by atoms with Crippen LogP contribution < -0.4 is 21.9 Å². The summed E-state index contributed by atoms with van der Waals surface area (Å²) in [6, 6.07) is 8.98. The number of carbonyl (C=O) groups is 2. The molecule has 0 aromatic heterocycles. The van der Waals surface area contributed by atoms with E-state index < -0.39 is 11.9 Å². The number of nitrogens with one attached hydrogen (secondary N) is 1. The Hall–Kier alpha value is -1.28. The summed E-state index contributed by atoms with van der Waals surface area (Å²) in [4.78, 5) is 18.9. The van der Waals surface area contributed by atoms with Gasteiger partial charge in [-0.2, -0.15) is 0 Å². The molecule has 0 spiro atoms. The quantitative estimate of drug-likeness (QED) is 0.416. The first-order valence-electron chi connectivity index (χ1n) is 6.48. The average molecular weight is 351 g/mol. The largest absolute Gasteiger partial charge is 0.372 e. The molecule has 6 nitrogen and oxygen atoms in total. The van der Waals surface area contributed by atoms with Gasteiger partial charge >= 0.3 is 0 Å². The van der Waals surface area contributed by atoms with Gasteiger partial charge in [0.1, 0.15) is 0 Å². The Balaban J connectivity index is -0.000000246. The van der Waals surface area contributed by atoms with Crippen LogP contribution in [0, 0.1) is 5.92 Å². The van der Waals surface area contributed by atoms with Crippen LogP contribution >= 0.6 is 24.4 Å². The molecule has 0 radical (unpaired) electrons. The third-order valence-corrected chi connectivity index (χ3v) is 2.08. The Morgan fingerprint density at radius 1 is 1.36 bits per heavy atom. The zero-order valence-electron chi connectivity index (χ0n) is 13.2. The van der Waals surface area contributed by atoms with Gasteiger partial charge < -0.3 is 17.2 Å². The standard InChI is InChI=1S/C6H5Cl.C6H14N2O.CH3NO.CH5NS/c7-6-4-2-1-3-5-6;1-4(2)3-5(7)6(8)9;2-1-3;1-2-3/h1-5H;4-5H,3,7H2,1-2H3,(H2,8,9);1H,(H2,2,3);2-3H,1H3. The van der Waals surface area contributed by atoms with E-state index in [2.05, 4.69) is 23.3 Å². The monoisotopic (exact) mass is 350 g/mol. The van der Waals surface area contributed by atoms with Gasteiger partial charge in [0.15, 0.2) is 0 Å². The normalized spacial score (nSPS) is 9.77. The van der Waals surface area contributed by atoms with Gasteiger partial charge in [0.05, 0.1) is 6.04 Å². The molecule has 0 aliphatic rings.